The van der Waals surface area contributed by atoms with E-state index in [4.69, 9.17) is 0 Å². The normalized spacial score (nSPS) is 19.7. The number of nitrogens with zero attached hydrogens (tertiary/aromatic N) is 1. The van der Waals surface area contributed by atoms with Crippen molar-refractivity contribution in [2.24, 2.45) is 5.92 Å². The van der Waals surface area contributed by atoms with Crippen LogP contribution >= 0.6 is 11.9 Å². The zero-order valence-corrected chi connectivity index (χ0v) is 7.86. The molecule has 0 aromatic rings. The number of rotatable bonds is 5. The molecule has 0 spiro atoms. The minimum atomic E-state index is 0.897. The van der Waals surface area contributed by atoms with Gasteiger partial charge in [0.25, 0.3) is 0 Å². The van der Waals surface area contributed by atoms with Crippen LogP contribution in [0, 0.1) is 5.92 Å². The Kier molecular flexibility index (Phi) is 3.97. The fourth-order valence-electron chi connectivity index (χ4n) is 1.19. The molecule has 64 valence electrons. The van der Waals surface area contributed by atoms with Crippen LogP contribution in [0.1, 0.15) is 6.92 Å². The first-order valence-corrected chi connectivity index (χ1v) is 4.99. The maximum atomic E-state index is 3.63. The average molecular weight is 172 g/mol. The molecule has 0 aromatic heterocycles. The fraction of sp³-hybridized carbons (Fsp3) is 0.750. The van der Waals surface area contributed by atoms with Gasteiger partial charge in [-0.05, 0) is 5.92 Å². The van der Waals surface area contributed by atoms with Crippen LogP contribution in [0.3, 0.4) is 0 Å². The van der Waals surface area contributed by atoms with Gasteiger partial charge in [0.2, 0.25) is 0 Å². The second-order valence-corrected chi connectivity index (χ2v) is 3.89. The van der Waals surface area contributed by atoms with Crippen molar-refractivity contribution in [3.8, 4) is 0 Å². The fourth-order valence-corrected chi connectivity index (χ4v) is 1.91. The third-order valence-electron chi connectivity index (χ3n) is 1.72. The van der Waals surface area contributed by atoms with E-state index in [0.29, 0.717) is 0 Å². The summed E-state index contributed by atoms with van der Waals surface area (Å²) >= 11 is 1.77. The zero-order valence-electron chi connectivity index (χ0n) is 7.05. The molecule has 1 heterocycles. The molecule has 1 aliphatic heterocycles. The van der Waals surface area contributed by atoms with E-state index in [1.54, 1.807) is 11.9 Å². The Morgan fingerprint density at radius 1 is 1.73 bits per heavy atom. The first kappa shape index (κ1) is 9.10. The SMILES string of the molecule is C=CCNSCN1CC(C)C1. The van der Waals surface area contributed by atoms with Crippen molar-refractivity contribution in [1.82, 2.24) is 9.62 Å². The second-order valence-electron chi connectivity index (χ2n) is 3.05. The molecule has 11 heavy (non-hydrogen) atoms. The highest BCUT2D eigenvalue weighted by Crippen LogP contribution is 2.15. The Labute approximate surface area is 73.2 Å². The van der Waals surface area contributed by atoms with E-state index in [0.717, 1.165) is 18.3 Å². The first-order chi connectivity index (χ1) is 5.33. The Bertz CT molecular complexity index is 121. The Morgan fingerprint density at radius 2 is 2.45 bits per heavy atom. The molecule has 1 rings (SSSR count). The molecule has 1 aliphatic rings. The Hall–Kier alpha value is 0.01000. The molecule has 3 heteroatoms. The highest BCUT2D eigenvalue weighted by molar-refractivity contribution is 7.97. The van der Waals surface area contributed by atoms with E-state index >= 15 is 0 Å². The van der Waals surface area contributed by atoms with Crippen molar-refractivity contribution in [3.05, 3.63) is 12.7 Å². The van der Waals surface area contributed by atoms with Crippen LogP contribution in [0.2, 0.25) is 0 Å². The van der Waals surface area contributed by atoms with Gasteiger partial charge in [-0.15, -0.1) is 6.58 Å². The van der Waals surface area contributed by atoms with Crippen molar-refractivity contribution in [1.29, 1.82) is 0 Å². The Morgan fingerprint density at radius 3 is 3.00 bits per heavy atom. The van der Waals surface area contributed by atoms with E-state index in [2.05, 4.69) is 23.1 Å². The average Bonchev–Trinajstić information content (AvgIpc) is 1.94. The number of hydrogen-bond acceptors (Lipinski definition) is 3. The van der Waals surface area contributed by atoms with Crippen molar-refractivity contribution >= 4 is 11.9 Å². The van der Waals surface area contributed by atoms with Gasteiger partial charge in [-0.1, -0.05) is 24.9 Å². The van der Waals surface area contributed by atoms with E-state index in [9.17, 15) is 0 Å². The van der Waals surface area contributed by atoms with Gasteiger partial charge in [0.05, 0.1) is 5.88 Å². The number of hydrogen-bond donors (Lipinski definition) is 1. The molecule has 2 nitrogen and oxygen atoms in total. The smallest absolute Gasteiger partial charge is 0.0591 e. The van der Waals surface area contributed by atoms with Gasteiger partial charge >= 0.3 is 0 Å². The lowest BCUT2D eigenvalue weighted by Gasteiger charge is -2.36. The molecule has 1 N–H and O–H groups in total. The Balaban J connectivity index is 1.84. The van der Waals surface area contributed by atoms with Crippen molar-refractivity contribution in [3.63, 3.8) is 0 Å². The molecule has 1 saturated heterocycles. The lowest BCUT2D eigenvalue weighted by molar-refractivity contribution is 0.140. The lowest BCUT2D eigenvalue weighted by Crippen LogP contribution is -2.45. The van der Waals surface area contributed by atoms with Gasteiger partial charge in [-0.25, -0.2) is 0 Å². The predicted octanol–water partition coefficient (Wildman–Crippen LogP) is 1.32. The zero-order chi connectivity index (χ0) is 8.10. The summed E-state index contributed by atoms with van der Waals surface area (Å²) in [6, 6.07) is 0. The molecule has 0 unspecified atom stereocenters. The number of nitrogens with one attached hydrogen (secondary N) is 1. The lowest BCUT2D eigenvalue weighted by atomic mass is 10.1. The van der Waals surface area contributed by atoms with Gasteiger partial charge in [-0.3, -0.25) is 9.62 Å². The largest absolute Gasteiger partial charge is 0.292 e. The summed E-state index contributed by atoms with van der Waals surface area (Å²) in [6.45, 7) is 9.35. The van der Waals surface area contributed by atoms with E-state index in [1.807, 2.05) is 6.08 Å². The maximum Gasteiger partial charge on any atom is 0.0591 e. The van der Waals surface area contributed by atoms with Gasteiger partial charge in [-0.2, -0.15) is 0 Å². The molecule has 0 saturated carbocycles. The summed E-state index contributed by atoms with van der Waals surface area (Å²) in [5, 5.41) is 0. The summed E-state index contributed by atoms with van der Waals surface area (Å²) in [4.78, 5) is 2.44. The monoisotopic (exact) mass is 172 g/mol. The summed E-state index contributed by atoms with van der Waals surface area (Å²) in [5.41, 5.74) is 0. The van der Waals surface area contributed by atoms with Crippen molar-refractivity contribution < 1.29 is 0 Å². The van der Waals surface area contributed by atoms with Crippen molar-refractivity contribution in [2.75, 3.05) is 25.5 Å². The van der Waals surface area contributed by atoms with Gasteiger partial charge in [0.1, 0.15) is 0 Å². The minimum absolute atomic E-state index is 0.897. The van der Waals surface area contributed by atoms with E-state index in [-0.39, 0.29) is 0 Å². The molecule has 0 aromatic carbocycles. The molecule has 0 aliphatic carbocycles. The number of likely N-dealkylation sites (tertiary alicyclic amines) is 1. The van der Waals surface area contributed by atoms with E-state index < -0.39 is 0 Å². The van der Waals surface area contributed by atoms with Crippen LogP contribution < -0.4 is 4.72 Å². The summed E-state index contributed by atoms with van der Waals surface area (Å²) < 4.78 is 3.21. The molecular weight excluding hydrogens is 156 g/mol. The first-order valence-electron chi connectivity index (χ1n) is 4.01. The summed E-state index contributed by atoms with van der Waals surface area (Å²) in [6.07, 6.45) is 1.88. The topological polar surface area (TPSA) is 15.3 Å². The van der Waals surface area contributed by atoms with Gasteiger partial charge in [0, 0.05) is 19.6 Å². The highest BCUT2D eigenvalue weighted by atomic mass is 32.2. The third kappa shape index (κ3) is 3.27. The predicted molar refractivity (Wildman–Crippen MR) is 51.4 cm³/mol. The summed E-state index contributed by atoms with van der Waals surface area (Å²) in [5.74, 6) is 2.02. The van der Waals surface area contributed by atoms with Crippen LogP contribution in [-0.4, -0.2) is 30.4 Å². The van der Waals surface area contributed by atoms with Gasteiger partial charge < -0.3 is 0 Å². The summed E-state index contributed by atoms with van der Waals surface area (Å²) in [7, 11) is 0. The minimum Gasteiger partial charge on any atom is -0.292 e. The van der Waals surface area contributed by atoms with Gasteiger partial charge in [0.15, 0.2) is 0 Å². The molecule has 0 bridgehead atoms. The molecular formula is C8H16N2S. The quantitative estimate of drug-likeness (QED) is 0.382. The van der Waals surface area contributed by atoms with Crippen molar-refractivity contribution in [2.45, 2.75) is 6.92 Å². The second kappa shape index (κ2) is 4.80. The van der Waals surface area contributed by atoms with Crippen LogP contribution in [0.5, 0.6) is 0 Å². The van der Waals surface area contributed by atoms with Crippen LogP contribution in [0.25, 0.3) is 0 Å². The molecule has 0 amide bonds. The van der Waals surface area contributed by atoms with Crippen LogP contribution in [0.15, 0.2) is 12.7 Å². The maximum absolute atomic E-state index is 3.63. The third-order valence-corrected chi connectivity index (χ3v) is 2.58. The van der Waals surface area contributed by atoms with E-state index in [1.165, 1.54) is 13.1 Å². The van der Waals surface area contributed by atoms with Crippen LogP contribution in [-0.2, 0) is 0 Å². The molecule has 0 radical (unpaired) electrons. The molecule has 0 atom stereocenters. The molecule has 1 fully saturated rings. The highest BCUT2D eigenvalue weighted by Gasteiger charge is 2.21. The van der Waals surface area contributed by atoms with Crippen LogP contribution in [0.4, 0.5) is 0 Å². The standard InChI is InChI=1S/C8H16N2S/c1-3-4-9-11-7-10-5-8(2)6-10/h3,8-9H,1,4-7H2,2H3.